The van der Waals surface area contributed by atoms with Gasteiger partial charge in [0.15, 0.2) is 0 Å². The SMILES string of the molecule is CCc1ccc(NC)cc1C. The smallest absolute Gasteiger partial charge is 0.0340 e. The second-order valence-electron chi connectivity index (χ2n) is 2.74. The fourth-order valence-electron chi connectivity index (χ4n) is 1.25. The summed E-state index contributed by atoms with van der Waals surface area (Å²) in [5.74, 6) is 0. The van der Waals surface area contributed by atoms with Crippen LogP contribution in [0.15, 0.2) is 18.2 Å². The summed E-state index contributed by atoms with van der Waals surface area (Å²) < 4.78 is 0. The van der Waals surface area contributed by atoms with E-state index in [2.05, 4.69) is 37.4 Å². The molecule has 1 N–H and O–H groups in total. The molecular formula is C10H15N. The van der Waals surface area contributed by atoms with Gasteiger partial charge in [-0.15, -0.1) is 0 Å². The first-order valence-corrected chi connectivity index (χ1v) is 4.05. The average molecular weight is 149 g/mol. The van der Waals surface area contributed by atoms with E-state index in [1.54, 1.807) is 0 Å². The van der Waals surface area contributed by atoms with Crippen molar-refractivity contribution in [3.63, 3.8) is 0 Å². The third-order valence-corrected chi connectivity index (χ3v) is 2.01. The highest BCUT2D eigenvalue weighted by Crippen LogP contribution is 2.14. The Morgan fingerprint density at radius 1 is 1.36 bits per heavy atom. The zero-order chi connectivity index (χ0) is 8.27. The maximum atomic E-state index is 3.12. The highest BCUT2D eigenvalue weighted by molar-refractivity contribution is 5.47. The molecule has 1 aromatic rings. The van der Waals surface area contributed by atoms with E-state index in [1.165, 1.54) is 16.8 Å². The number of benzene rings is 1. The van der Waals surface area contributed by atoms with E-state index in [-0.39, 0.29) is 0 Å². The lowest BCUT2D eigenvalue weighted by Gasteiger charge is -2.05. The largest absolute Gasteiger partial charge is 0.388 e. The summed E-state index contributed by atoms with van der Waals surface area (Å²) in [6.45, 7) is 4.33. The molecule has 1 heteroatoms. The van der Waals surface area contributed by atoms with Crippen molar-refractivity contribution in [1.82, 2.24) is 0 Å². The van der Waals surface area contributed by atoms with Crippen LogP contribution in [-0.2, 0) is 6.42 Å². The van der Waals surface area contributed by atoms with Crippen molar-refractivity contribution in [2.24, 2.45) is 0 Å². The summed E-state index contributed by atoms with van der Waals surface area (Å²) in [7, 11) is 1.94. The first-order valence-electron chi connectivity index (χ1n) is 4.05. The maximum Gasteiger partial charge on any atom is 0.0340 e. The van der Waals surface area contributed by atoms with Gasteiger partial charge in [-0.1, -0.05) is 13.0 Å². The van der Waals surface area contributed by atoms with E-state index >= 15 is 0 Å². The number of rotatable bonds is 2. The lowest BCUT2D eigenvalue weighted by molar-refractivity contribution is 1.11. The fourth-order valence-corrected chi connectivity index (χ4v) is 1.25. The van der Waals surface area contributed by atoms with Crippen LogP contribution in [0.5, 0.6) is 0 Å². The van der Waals surface area contributed by atoms with Gasteiger partial charge in [-0.2, -0.15) is 0 Å². The molecule has 11 heavy (non-hydrogen) atoms. The molecule has 0 aromatic heterocycles. The second kappa shape index (κ2) is 3.42. The van der Waals surface area contributed by atoms with Gasteiger partial charge in [-0.25, -0.2) is 0 Å². The Balaban J connectivity index is 2.99. The monoisotopic (exact) mass is 149 g/mol. The Morgan fingerprint density at radius 3 is 2.55 bits per heavy atom. The Labute approximate surface area is 68.4 Å². The predicted molar refractivity (Wildman–Crippen MR) is 50.1 cm³/mol. The molecule has 0 saturated carbocycles. The number of nitrogens with one attached hydrogen (secondary N) is 1. The lowest BCUT2D eigenvalue weighted by atomic mass is 10.1. The van der Waals surface area contributed by atoms with Crippen LogP contribution in [0.3, 0.4) is 0 Å². The third kappa shape index (κ3) is 1.73. The second-order valence-corrected chi connectivity index (χ2v) is 2.74. The molecule has 1 aromatic carbocycles. The van der Waals surface area contributed by atoms with Crippen LogP contribution in [0.25, 0.3) is 0 Å². The van der Waals surface area contributed by atoms with Crippen LogP contribution in [0, 0.1) is 6.92 Å². The van der Waals surface area contributed by atoms with Crippen LogP contribution in [0.1, 0.15) is 18.1 Å². The summed E-state index contributed by atoms with van der Waals surface area (Å²) in [6.07, 6.45) is 1.12. The van der Waals surface area contributed by atoms with Gasteiger partial charge in [0.05, 0.1) is 0 Å². The average Bonchev–Trinajstić information content (AvgIpc) is 2.04. The van der Waals surface area contributed by atoms with Gasteiger partial charge in [0.2, 0.25) is 0 Å². The molecule has 0 aliphatic rings. The van der Waals surface area contributed by atoms with Crippen LogP contribution in [-0.4, -0.2) is 7.05 Å². The standard InChI is InChI=1S/C10H15N/c1-4-9-5-6-10(11-3)7-8(9)2/h5-7,11H,4H2,1-3H3. The van der Waals surface area contributed by atoms with Gasteiger partial charge in [0, 0.05) is 12.7 Å². The molecule has 0 fully saturated rings. The molecule has 0 aliphatic heterocycles. The minimum atomic E-state index is 1.12. The van der Waals surface area contributed by atoms with Crippen molar-refractivity contribution < 1.29 is 0 Å². The van der Waals surface area contributed by atoms with Crippen molar-refractivity contribution in [3.8, 4) is 0 Å². The van der Waals surface area contributed by atoms with E-state index in [4.69, 9.17) is 0 Å². The van der Waals surface area contributed by atoms with Crippen LogP contribution in [0.4, 0.5) is 5.69 Å². The molecule has 0 bridgehead atoms. The number of hydrogen-bond donors (Lipinski definition) is 1. The topological polar surface area (TPSA) is 12.0 Å². The zero-order valence-corrected chi connectivity index (χ0v) is 7.44. The van der Waals surface area contributed by atoms with Gasteiger partial charge in [-0.05, 0) is 36.6 Å². The van der Waals surface area contributed by atoms with Crippen molar-refractivity contribution in [2.75, 3.05) is 12.4 Å². The molecule has 0 aliphatic carbocycles. The van der Waals surface area contributed by atoms with Crippen molar-refractivity contribution >= 4 is 5.69 Å². The fraction of sp³-hybridized carbons (Fsp3) is 0.400. The molecule has 0 unspecified atom stereocenters. The molecule has 1 nitrogen and oxygen atoms in total. The van der Waals surface area contributed by atoms with Gasteiger partial charge in [0.25, 0.3) is 0 Å². The van der Waals surface area contributed by atoms with Crippen LogP contribution >= 0.6 is 0 Å². The van der Waals surface area contributed by atoms with E-state index in [9.17, 15) is 0 Å². The Hall–Kier alpha value is -0.980. The predicted octanol–water partition coefficient (Wildman–Crippen LogP) is 2.60. The Bertz CT molecular complexity index is 241. The van der Waals surface area contributed by atoms with Crippen molar-refractivity contribution in [2.45, 2.75) is 20.3 Å². The first kappa shape index (κ1) is 8.12. The number of aryl methyl sites for hydroxylation is 2. The summed E-state index contributed by atoms with van der Waals surface area (Å²) >= 11 is 0. The highest BCUT2D eigenvalue weighted by Gasteiger charge is 1.95. The summed E-state index contributed by atoms with van der Waals surface area (Å²) in [6, 6.07) is 6.48. The number of anilines is 1. The summed E-state index contributed by atoms with van der Waals surface area (Å²) in [4.78, 5) is 0. The highest BCUT2D eigenvalue weighted by atomic mass is 14.8. The van der Waals surface area contributed by atoms with Gasteiger partial charge in [-0.3, -0.25) is 0 Å². The van der Waals surface area contributed by atoms with E-state index < -0.39 is 0 Å². The number of hydrogen-bond acceptors (Lipinski definition) is 1. The molecule has 60 valence electrons. The molecule has 0 amide bonds. The molecule has 0 radical (unpaired) electrons. The summed E-state index contributed by atoms with van der Waals surface area (Å²) in [5.41, 5.74) is 4.00. The Kier molecular flexibility index (Phi) is 2.53. The molecule has 0 spiro atoms. The van der Waals surface area contributed by atoms with E-state index in [1.807, 2.05) is 7.05 Å². The molecule has 1 rings (SSSR count). The van der Waals surface area contributed by atoms with Gasteiger partial charge in [0.1, 0.15) is 0 Å². The first-order chi connectivity index (χ1) is 5.27. The zero-order valence-electron chi connectivity index (χ0n) is 7.44. The van der Waals surface area contributed by atoms with Crippen LogP contribution < -0.4 is 5.32 Å². The normalized spacial score (nSPS) is 9.73. The minimum Gasteiger partial charge on any atom is -0.388 e. The summed E-state index contributed by atoms with van der Waals surface area (Å²) in [5, 5.41) is 3.12. The molecular weight excluding hydrogens is 134 g/mol. The van der Waals surface area contributed by atoms with Gasteiger partial charge >= 0.3 is 0 Å². The van der Waals surface area contributed by atoms with Crippen LogP contribution in [0.2, 0.25) is 0 Å². The van der Waals surface area contributed by atoms with E-state index in [0.717, 1.165) is 6.42 Å². The van der Waals surface area contributed by atoms with E-state index in [0.29, 0.717) is 0 Å². The molecule has 0 heterocycles. The van der Waals surface area contributed by atoms with Crippen molar-refractivity contribution in [1.29, 1.82) is 0 Å². The Morgan fingerprint density at radius 2 is 2.09 bits per heavy atom. The minimum absolute atomic E-state index is 1.12. The third-order valence-electron chi connectivity index (χ3n) is 2.01. The quantitative estimate of drug-likeness (QED) is 0.681. The lowest BCUT2D eigenvalue weighted by Crippen LogP contribution is -1.91. The van der Waals surface area contributed by atoms with Crippen molar-refractivity contribution in [3.05, 3.63) is 29.3 Å². The van der Waals surface area contributed by atoms with Gasteiger partial charge < -0.3 is 5.32 Å². The maximum absolute atomic E-state index is 3.12. The molecule has 0 saturated heterocycles. The molecule has 0 atom stereocenters.